The monoisotopic (exact) mass is 288 g/mol. The number of methoxy groups -OCH3 is 1. The van der Waals surface area contributed by atoms with Gasteiger partial charge in [0.25, 0.3) is 0 Å². The molecule has 0 aliphatic heterocycles. The van der Waals surface area contributed by atoms with Crippen LogP contribution in [-0.2, 0) is 11.3 Å². The number of phenols is 1. The molecule has 0 amide bonds. The fraction of sp³-hybridized carbons (Fsp3) is 0.214. The van der Waals surface area contributed by atoms with Crippen molar-refractivity contribution in [2.24, 2.45) is 0 Å². The normalized spacial score (nSPS) is 10.2. The second-order valence-electron chi connectivity index (χ2n) is 4.45. The lowest BCUT2D eigenvalue weighted by Crippen LogP contribution is -2.11. The first-order chi connectivity index (χ1) is 9.99. The number of ether oxygens (including phenoxy) is 1. The van der Waals surface area contributed by atoms with Crippen molar-refractivity contribution in [2.45, 2.75) is 13.5 Å². The lowest BCUT2D eigenvalue weighted by Gasteiger charge is -2.09. The summed E-state index contributed by atoms with van der Waals surface area (Å²) in [4.78, 5) is 19.5. The zero-order valence-corrected chi connectivity index (χ0v) is 11.8. The van der Waals surface area contributed by atoms with Gasteiger partial charge in [-0.05, 0) is 25.1 Å². The van der Waals surface area contributed by atoms with Crippen molar-refractivity contribution in [1.29, 1.82) is 0 Å². The summed E-state index contributed by atoms with van der Waals surface area (Å²) in [5, 5.41) is 12.8. The van der Waals surface area contributed by atoms with Crippen LogP contribution in [-0.4, -0.2) is 28.2 Å². The van der Waals surface area contributed by atoms with E-state index in [0.717, 1.165) is 0 Å². The fourth-order valence-corrected chi connectivity index (χ4v) is 1.77. The molecular weight excluding hydrogens is 272 g/mol. The summed E-state index contributed by atoms with van der Waals surface area (Å²) >= 11 is 0. The van der Waals surface area contributed by atoms with Crippen LogP contribution in [0.1, 0.15) is 21.9 Å². The van der Waals surface area contributed by atoms with E-state index < -0.39 is 5.97 Å². The molecule has 0 unspecified atom stereocenters. The van der Waals surface area contributed by atoms with Crippen LogP contribution < -0.4 is 11.1 Å². The van der Waals surface area contributed by atoms with Gasteiger partial charge in [0, 0.05) is 29.6 Å². The molecule has 0 bridgehead atoms. The van der Waals surface area contributed by atoms with Crippen molar-refractivity contribution in [3.63, 3.8) is 0 Å². The predicted molar refractivity (Wildman–Crippen MR) is 78.0 cm³/mol. The largest absolute Gasteiger partial charge is 0.508 e. The Hall–Kier alpha value is -2.83. The molecule has 0 radical (unpaired) electrons. The Morgan fingerprint density at radius 2 is 2.14 bits per heavy atom. The molecule has 4 N–H and O–H groups in total. The first kappa shape index (κ1) is 14.6. The van der Waals surface area contributed by atoms with Crippen LogP contribution in [0.4, 0.5) is 11.5 Å². The maximum atomic E-state index is 11.5. The molecule has 7 heteroatoms. The Kier molecular flexibility index (Phi) is 4.22. The number of nitrogens with one attached hydrogen (secondary N) is 1. The van der Waals surface area contributed by atoms with Crippen LogP contribution in [0.2, 0.25) is 0 Å². The Morgan fingerprint density at radius 3 is 2.86 bits per heavy atom. The van der Waals surface area contributed by atoms with Gasteiger partial charge in [-0.2, -0.15) is 0 Å². The second-order valence-corrected chi connectivity index (χ2v) is 4.45. The summed E-state index contributed by atoms with van der Waals surface area (Å²) in [5.41, 5.74) is 7.49. The van der Waals surface area contributed by atoms with E-state index in [4.69, 9.17) is 5.73 Å². The molecule has 2 rings (SSSR count). The number of aryl methyl sites for hydroxylation is 1. The zero-order chi connectivity index (χ0) is 15.4. The number of esters is 1. The van der Waals surface area contributed by atoms with Crippen molar-refractivity contribution < 1.29 is 14.6 Å². The standard InChI is InChI=1S/C14H16N4O3/c1-8-5-12(18-13(17-8)14(20)21-2)16-7-9-6-10(15)3-4-11(9)19/h3-6,19H,7,15H2,1-2H3,(H,16,17,18). The molecule has 21 heavy (non-hydrogen) atoms. The molecule has 7 nitrogen and oxygen atoms in total. The van der Waals surface area contributed by atoms with E-state index in [2.05, 4.69) is 20.0 Å². The van der Waals surface area contributed by atoms with Crippen LogP contribution in [0.25, 0.3) is 0 Å². The molecule has 2 aromatic rings. The van der Waals surface area contributed by atoms with Crippen molar-refractivity contribution in [1.82, 2.24) is 9.97 Å². The van der Waals surface area contributed by atoms with Crippen LogP contribution in [0.5, 0.6) is 5.75 Å². The summed E-state index contributed by atoms with van der Waals surface area (Å²) in [6.07, 6.45) is 0. The Labute approximate surface area is 121 Å². The number of benzene rings is 1. The molecule has 0 fully saturated rings. The predicted octanol–water partition coefficient (Wildman–Crippen LogP) is 1.47. The summed E-state index contributed by atoms with van der Waals surface area (Å²) in [7, 11) is 1.27. The minimum Gasteiger partial charge on any atom is -0.508 e. The lowest BCUT2D eigenvalue weighted by atomic mass is 10.2. The number of aromatic nitrogens is 2. The summed E-state index contributed by atoms with van der Waals surface area (Å²) in [6.45, 7) is 2.06. The number of nitrogens with two attached hydrogens (primary N) is 1. The van der Waals surface area contributed by atoms with E-state index in [0.29, 0.717) is 29.3 Å². The number of phenolic OH excluding ortho intramolecular Hbond substituents is 1. The molecule has 110 valence electrons. The third-order valence-corrected chi connectivity index (χ3v) is 2.79. The lowest BCUT2D eigenvalue weighted by molar-refractivity contribution is 0.0586. The molecule has 0 aliphatic rings. The molecule has 0 aliphatic carbocycles. The average molecular weight is 288 g/mol. The second kappa shape index (κ2) is 6.08. The van der Waals surface area contributed by atoms with Crippen molar-refractivity contribution in [3.8, 4) is 5.75 Å². The highest BCUT2D eigenvalue weighted by molar-refractivity contribution is 5.85. The Morgan fingerprint density at radius 1 is 1.38 bits per heavy atom. The number of hydrogen-bond acceptors (Lipinski definition) is 7. The molecule has 0 spiro atoms. The van der Waals surface area contributed by atoms with Crippen LogP contribution >= 0.6 is 0 Å². The molecule has 1 heterocycles. The Balaban J connectivity index is 2.18. The minimum atomic E-state index is -0.603. The fourth-order valence-electron chi connectivity index (χ4n) is 1.77. The Bertz CT molecular complexity index is 673. The van der Waals surface area contributed by atoms with E-state index in [1.807, 2.05) is 0 Å². The minimum absolute atomic E-state index is 0.0169. The van der Waals surface area contributed by atoms with Gasteiger partial charge in [0.1, 0.15) is 11.6 Å². The number of aromatic hydroxyl groups is 1. The molecule has 0 atom stereocenters. The van der Waals surface area contributed by atoms with Gasteiger partial charge in [0.2, 0.25) is 5.82 Å². The van der Waals surface area contributed by atoms with Gasteiger partial charge in [-0.3, -0.25) is 0 Å². The van der Waals surface area contributed by atoms with E-state index >= 15 is 0 Å². The number of hydrogen-bond donors (Lipinski definition) is 3. The van der Waals surface area contributed by atoms with Crippen LogP contribution in [0.15, 0.2) is 24.3 Å². The number of nitrogens with zero attached hydrogens (tertiary/aromatic N) is 2. The van der Waals surface area contributed by atoms with E-state index in [-0.39, 0.29) is 11.6 Å². The smallest absolute Gasteiger partial charge is 0.376 e. The first-order valence-electron chi connectivity index (χ1n) is 6.25. The van der Waals surface area contributed by atoms with Gasteiger partial charge >= 0.3 is 5.97 Å². The topological polar surface area (TPSA) is 110 Å². The van der Waals surface area contributed by atoms with Gasteiger partial charge in [-0.1, -0.05) is 0 Å². The van der Waals surface area contributed by atoms with Gasteiger partial charge in [0.15, 0.2) is 0 Å². The van der Waals surface area contributed by atoms with Gasteiger partial charge < -0.3 is 20.9 Å². The quantitative estimate of drug-likeness (QED) is 0.444. The van der Waals surface area contributed by atoms with Crippen LogP contribution in [0, 0.1) is 6.92 Å². The maximum Gasteiger partial charge on any atom is 0.376 e. The highest BCUT2D eigenvalue weighted by Gasteiger charge is 2.11. The SMILES string of the molecule is COC(=O)c1nc(C)cc(NCc2cc(N)ccc2O)n1. The third-order valence-electron chi connectivity index (χ3n) is 2.79. The average Bonchev–Trinajstić information content (AvgIpc) is 2.46. The van der Waals surface area contributed by atoms with Gasteiger partial charge in [0.05, 0.1) is 7.11 Å². The number of carbonyl (C=O) groups excluding carboxylic acids is 1. The van der Waals surface area contributed by atoms with E-state index in [1.165, 1.54) is 13.2 Å². The number of rotatable bonds is 4. The molecule has 0 saturated carbocycles. The zero-order valence-electron chi connectivity index (χ0n) is 11.8. The summed E-state index contributed by atoms with van der Waals surface area (Å²) in [5.74, 6) is -0.0225. The molecule has 0 saturated heterocycles. The van der Waals surface area contributed by atoms with Gasteiger partial charge in [-0.25, -0.2) is 14.8 Å². The number of nitrogen functional groups attached to an aromatic ring is 1. The summed E-state index contributed by atoms with van der Waals surface area (Å²) < 4.78 is 4.60. The van der Waals surface area contributed by atoms with E-state index in [1.54, 1.807) is 25.1 Å². The number of carbonyl (C=O) groups is 1. The van der Waals surface area contributed by atoms with Crippen molar-refractivity contribution in [2.75, 3.05) is 18.2 Å². The highest BCUT2D eigenvalue weighted by atomic mass is 16.5. The summed E-state index contributed by atoms with van der Waals surface area (Å²) in [6, 6.07) is 6.49. The maximum absolute atomic E-state index is 11.5. The van der Waals surface area contributed by atoms with Gasteiger partial charge in [-0.15, -0.1) is 0 Å². The third kappa shape index (κ3) is 3.59. The molecule has 1 aromatic carbocycles. The van der Waals surface area contributed by atoms with E-state index in [9.17, 15) is 9.90 Å². The molecular formula is C14H16N4O3. The van der Waals surface area contributed by atoms with Crippen molar-refractivity contribution in [3.05, 3.63) is 41.3 Å². The molecule has 1 aromatic heterocycles. The first-order valence-corrected chi connectivity index (χ1v) is 6.25. The highest BCUT2D eigenvalue weighted by Crippen LogP contribution is 2.20. The van der Waals surface area contributed by atoms with Crippen LogP contribution in [0.3, 0.4) is 0 Å². The van der Waals surface area contributed by atoms with Crippen molar-refractivity contribution >= 4 is 17.5 Å². The number of anilines is 2.